The highest BCUT2D eigenvalue weighted by Crippen LogP contribution is 2.39. The number of rotatable bonds is 3. The van der Waals surface area contributed by atoms with E-state index in [1.807, 2.05) is 36.4 Å². The van der Waals surface area contributed by atoms with Crippen LogP contribution in [-0.4, -0.2) is 4.57 Å². The van der Waals surface area contributed by atoms with Gasteiger partial charge in [0.05, 0.1) is 5.56 Å². The van der Waals surface area contributed by atoms with Gasteiger partial charge in [0, 0.05) is 23.5 Å². The molecule has 0 fully saturated rings. The molecule has 4 rings (SSSR count). The first-order valence-electron chi connectivity index (χ1n) is 8.96. The second-order valence-corrected chi connectivity index (χ2v) is 6.82. The fourth-order valence-corrected chi connectivity index (χ4v) is 3.89. The Morgan fingerprint density at radius 3 is 2.31 bits per heavy atom. The van der Waals surface area contributed by atoms with E-state index in [9.17, 15) is 13.2 Å². The maximum Gasteiger partial charge on any atom is 0.417 e. The molecule has 26 heavy (non-hydrogen) atoms. The number of nitrogens with zero attached hydrogens (tertiary/aromatic N) is 1. The number of aryl methyl sites for hydroxylation is 1. The lowest BCUT2D eigenvalue weighted by Gasteiger charge is -2.19. The second kappa shape index (κ2) is 6.67. The summed E-state index contributed by atoms with van der Waals surface area (Å²) in [6.45, 7) is 0.595. The van der Waals surface area contributed by atoms with E-state index in [-0.39, 0.29) is 5.56 Å². The summed E-state index contributed by atoms with van der Waals surface area (Å²) in [4.78, 5) is 0. The zero-order chi connectivity index (χ0) is 18.1. The molecule has 1 heterocycles. The number of aromatic nitrogens is 1. The Hall–Kier alpha value is -2.49. The number of halogens is 3. The van der Waals surface area contributed by atoms with Gasteiger partial charge in [0.15, 0.2) is 0 Å². The van der Waals surface area contributed by atoms with E-state index >= 15 is 0 Å². The van der Waals surface area contributed by atoms with Gasteiger partial charge in [0.1, 0.15) is 0 Å². The zero-order valence-corrected chi connectivity index (χ0v) is 14.4. The zero-order valence-electron chi connectivity index (χ0n) is 14.4. The van der Waals surface area contributed by atoms with Gasteiger partial charge in [0.2, 0.25) is 0 Å². The van der Waals surface area contributed by atoms with Crippen molar-refractivity contribution < 1.29 is 13.2 Å². The van der Waals surface area contributed by atoms with E-state index in [1.165, 1.54) is 23.4 Å². The Labute approximate surface area is 151 Å². The monoisotopic (exact) mass is 355 g/mol. The highest BCUT2D eigenvalue weighted by atomic mass is 19.4. The summed E-state index contributed by atoms with van der Waals surface area (Å²) < 4.78 is 42.8. The average molecular weight is 355 g/mol. The molecule has 1 aliphatic carbocycles. The van der Waals surface area contributed by atoms with Gasteiger partial charge in [-0.2, -0.15) is 13.2 Å². The third-order valence-electron chi connectivity index (χ3n) is 5.10. The Bertz CT molecular complexity index is 907. The molecule has 0 atom stereocenters. The van der Waals surface area contributed by atoms with Crippen LogP contribution in [0.1, 0.15) is 35.2 Å². The lowest BCUT2D eigenvalue weighted by molar-refractivity contribution is -0.137. The largest absolute Gasteiger partial charge is 0.417 e. The molecular formula is C22H20F3N. The maximum absolute atomic E-state index is 13.6. The highest BCUT2D eigenvalue weighted by molar-refractivity contribution is 5.67. The van der Waals surface area contributed by atoms with Crippen molar-refractivity contribution in [2.45, 2.75) is 38.4 Å². The Kier molecular flexibility index (Phi) is 4.35. The Morgan fingerprint density at radius 2 is 1.54 bits per heavy atom. The number of hydrogen-bond donors (Lipinski definition) is 0. The quantitative estimate of drug-likeness (QED) is 0.535. The SMILES string of the molecule is FC(F)(F)c1ccccc1-c1cc2c(n1Cc1ccccc1)CCCC2. The van der Waals surface area contributed by atoms with Crippen molar-refractivity contribution in [3.05, 3.63) is 83.0 Å². The van der Waals surface area contributed by atoms with Crippen LogP contribution in [0.3, 0.4) is 0 Å². The standard InChI is InChI=1S/C22H20F3N/c23-22(24,25)19-12-6-5-11-18(19)21-14-17-10-4-7-13-20(17)26(21)15-16-8-2-1-3-9-16/h1-3,5-6,8-9,11-12,14H,4,7,10,13,15H2. The molecule has 1 aromatic heterocycles. The smallest absolute Gasteiger partial charge is 0.340 e. The highest BCUT2D eigenvalue weighted by Gasteiger charge is 2.34. The van der Waals surface area contributed by atoms with Gasteiger partial charge >= 0.3 is 6.18 Å². The molecule has 3 aromatic rings. The minimum absolute atomic E-state index is 0.269. The molecule has 0 N–H and O–H groups in total. The summed E-state index contributed by atoms with van der Waals surface area (Å²) in [5.41, 5.74) is 3.86. The molecule has 0 spiro atoms. The lowest BCUT2D eigenvalue weighted by Crippen LogP contribution is -2.12. The van der Waals surface area contributed by atoms with E-state index in [0.29, 0.717) is 12.2 Å². The number of fused-ring (bicyclic) bond motifs is 1. The third kappa shape index (κ3) is 3.16. The third-order valence-corrected chi connectivity index (χ3v) is 5.10. The van der Waals surface area contributed by atoms with Crippen molar-refractivity contribution in [1.29, 1.82) is 0 Å². The van der Waals surface area contributed by atoms with Crippen molar-refractivity contribution in [2.75, 3.05) is 0 Å². The van der Waals surface area contributed by atoms with Gasteiger partial charge < -0.3 is 4.57 Å². The fourth-order valence-electron chi connectivity index (χ4n) is 3.89. The summed E-state index contributed by atoms with van der Waals surface area (Å²) in [7, 11) is 0. The predicted octanol–water partition coefficient (Wildman–Crippen LogP) is 6.10. The van der Waals surface area contributed by atoms with E-state index < -0.39 is 11.7 Å². The van der Waals surface area contributed by atoms with Crippen molar-refractivity contribution >= 4 is 0 Å². The molecule has 1 nitrogen and oxygen atoms in total. The molecule has 0 saturated carbocycles. The fraction of sp³-hybridized carbons (Fsp3) is 0.273. The van der Waals surface area contributed by atoms with E-state index in [2.05, 4.69) is 4.57 Å². The molecule has 0 aliphatic heterocycles. The van der Waals surface area contributed by atoms with E-state index in [0.717, 1.165) is 31.2 Å². The van der Waals surface area contributed by atoms with E-state index in [4.69, 9.17) is 0 Å². The molecule has 134 valence electrons. The van der Waals surface area contributed by atoms with Gasteiger partial charge in [-0.1, -0.05) is 48.5 Å². The van der Waals surface area contributed by atoms with Crippen LogP contribution >= 0.6 is 0 Å². The summed E-state index contributed by atoms with van der Waals surface area (Å²) in [6.07, 6.45) is -0.303. The molecule has 4 heteroatoms. The minimum Gasteiger partial charge on any atom is -0.340 e. The van der Waals surface area contributed by atoms with Crippen LogP contribution in [0.5, 0.6) is 0 Å². The molecule has 1 aliphatic rings. The van der Waals surface area contributed by atoms with Gasteiger partial charge in [0.25, 0.3) is 0 Å². The Balaban J connectivity index is 1.88. The van der Waals surface area contributed by atoms with Crippen molar-refractivity contribution in [1.82, 2.24) is 4.57 Å². The van der Waals surface area contributed by atoms with Crippen LogP contribution in [0.4, 0.5) is 13.2 Å². The van der Waals surface area contributed by atoms with Crippen LogP contribution in [0, 0.1) is 0 Å². The van der Waals surface area contributed by atoms with Crippen LogP contribution in [0.15, 0.2) is 60.7 Å². The number of hydrogen-bond acceptors (Lipinski definition) is 0. The van der Waals surface area contributed by atoms with Crippen molar-refractivity contribution in [3.63, 3.8) is 0 Å². The van der Waals surface area contributed by atoms with Crippen LogP contribution in [-0.2, 0) is 25.6 Å². The average Bonchev–Trinajstić information content (AvgIpc) is 3.00. The summed E-state index contributed by atoms with van der Waals surface area (Å²) >= 11 is 0. The summed E-state index contributed by atoms with van der Waals surface area (Å²) in [6, 6.07) is 17.8. The molecule has 2 aromatic carbocycles. The maximum atomic E-state index is 13.6. The van der Waals surface area contributed by atoms with Crippen LogP contribution in [0.2, 0.25) is 0 Å². The van der Waals surface area contributed by atoms with Gasteiger partial charge in [-0.05, 0) is 48.9 Å². The normalized spacial score (nSPS) is 14.3. The van der Waals surface area contributed by atoms with Gasteiger partial charge in [-0.15, -0.1) is 0 Å². The van der Waals surface area contributed by atoms with Crippen LogP contribution in [0.25, 0.3) is 11.3 Å². The number of alkyl halides is 3. The first-order chi connectivity index (χ1) is 12.5. The molecule has 0 unspecified atom stereocenters. The lowest BCUT2D eigenvalue weighted by atomic mass is 9.97. The molecule has 0 bridgehead atoms. The van der Waals surface area contributed by atoms with Gasteiger partial charge in [-0.3, -0.25) is 0 Å². The van der Waals surface area contributed by atoms with Crippen molar-refractivity contribution in [3.8, 4) is 11.3 Å². The van der Waals surface area contributed by atoms with Crippen molar-refractivity contribution in [2.24, 2.45) is 0 Å². The molecule has 0 saturated heterocycles. The topological polar surface area (TPSA) is 4.93 Å². The molecule has 0 radical (unpaired) electrons. The molecule has 0 amide bonds. The van der Waals surface area contributed by atoms with E-state index in [1.54, 1.807) is 12.1 Å². The summed E-state index contributed by atoms with van der Waals surface area (Å²) in [5, 5.41) is 0. The number of benzene rings is 2. The van der Waals surface area contributed by atoms with Crippen LogP contribution < -0.4 is 0 Å². The molecular weight excluding hydrogens is 335 g/mol. The summed E-state index contributed by atoms with van der Waals surface area (Å²) in [5.74, 6) is 0. The first kappa shape index (κ1) is 17.0. The van der Waals surface area contributed by atoms with Gasteiger partial charge in [-0.25, -0.2) is 0 Å². The first-order valence-corrected chi connectivity index (χ1v) is 8.96. The second-order valence-electron chi connectivity index (χ2n) is 6.82. The predicted molar refractivity (Wildman–Crippen MR) is 97.1 cm³/mol. The Morgan fingerprint density at radius 1 is 0.846 bits per heavy atom. The minimum atomic E-state index is -4.36.